The summed E-state index contributed by atoms with van der Waals surface area (Å²) in [6.07, 6.45) is 2.26. The highest BCUT2D eigenvalue weighted by Gasteiger charge is 2.26. The maximum absolute atomic E-state index is 5.58. The second-order valence-corrected chi connectivity index (χ2v) is 5.90. The number of pyridine rings is 1. The fraction of sp³-hybridized carbons (Fsp3) is 0.471. The summed E-state index contributed by atoms with van der Waals surface area (Å²) in [6.45, 7) is 4.61. The Kier molecular flexibility index (Phi) is 4.08. The fourth-order valence-corrected chi connectivity index (χ4v) is 2.80. The van der Waals surface area contributed by atoms with Crippen molar-refractivity contribution in [1.82, 2.24) is 10.3 Å². The summed E-state index contributed by atoms with van der Waals surface area (Å²) in [7, 11) is 1.68. The molecule has 4 nitrogen and oxygen atoms in total. The normalized spacial score (nSPS) is 22.4. The quantitative estimate of drug-likeness (QED) is 0.938. The van der Waals surface area contributed by atoms with Gasteiger partial charge >= 0.3 is 0 Å². The Hall–Kier alpha value is -1.65. The number of hydrogen-bond acceptors (Lipinski definition) is 4. The first-order valence-corrected chi connectivity index (χ1v) is 7.46. The number of para-hydroxylation sites is 1. The molecule has 0 radical (unpaired) electrons. The number of benzene rings is 1. The summed E-state index contributed by atoms with van der Waals surface area (Å²) in [4.78, 5) is 4.73. The lowest BCUT2D eigenvalue weighted by Crippen LogP contribution is -2.48. The molecule has 0 bridgehead atoms. The van der Waals surface area contributed by atoms with Crippen molar-refractivity contribution < 1.29 is 9.47 Å². The maximum Gasteiger partial charge on any atom is 0.145 e. The van der Waals surface area contributed by atoms with Gasteiger partial charge in [-0.15, -0.1) is 0 Å². The van der Waals surface area contributed by atoms with E-state index in [1.165, 1.54) is 0 Å². The van der Waals surface area contributed by atoms with Crippen LogP contribution in [0.1, 0.15) is 25.5 Å². The monoisotopic (exact) mass is 286 g/mol. The molecule has 1 aliphatic heterocycles. The fourth-order valence-electron chi connectivity index (χ4n) is 2.80. The van der Waals surface area contributed by atoms with E-state index in [2.05, 4.69) is 30.4 Å². The van der Waals surface area contributed by atoms with Gasteiger partial charge in [-0.05, 0) is 31.9 Å². The van der Waals surface area contributed by atoms with E-state index >= 15 is 0 Å². The van der Waals surface area contributed by atoms with Crippen LogP contribution in [-0.4, -0.2) is 30.8 Å². The van der Waals surface area contributed by atoms with Gasteiger partial charge in [0.2, 0.25) is 0 Å². The SMILES string of the molecule is COc1cccc2ccc(CNC3(C)CCCOC3)nc12. The Morgan fingerprint density at radius 2 is 2.24 bits per heavy atom. The van der Waals surface area contributed by atoms with Gasteiger partial charge in [0.05, 0.1) is 19.4 Å². The zero-order chi connectivity index (χ0) is 14.7. The van der Waals surface area contributed by atoms with Crippen molar-refractivity contribution in [3.63, 3.8) is 0 Å². The first-order chi connectivity index (χ1) is 10.2. The van der Waals surface area contributed by atoms with Crippen LogP contribution in [0.3, 0.4) is 0 Å². The molecule has 4 heteroatoms. The van der Waals surface area contributed by atoms with E-state index in [4.69, 9.17) is 14.5 Å². The third-order valence-electron chi connectivity index (χ3n) is 4.09. The van der Waals surface area contributed by atoms with E-state index in [9.17, 15) is 0 Å². The van der Waals surface area contributed by atoms with Gasteiger partial charge < -0.3 is 14.8 Å². The van der Waals surface area contributed by atoms with E-state index in [-0.39, 0.29) is 5.54 Å². The lowest BCUT2D eigenvalue weighted by atomic mass is 9.95. The van der Waals surface area contributed by atoms with Crippen LogP contribution >= 0.6 is 0 Å². The van der Waals surface area contributed by atoms with Crippen molar-refractivity contribution in [2.75, 3.05) is 20.3 Å². The van der Waals surface area contributed by atoms with E-state index in [0.717, 1.165) is 54.9 Å². The van der Waals surface area contributed by atoms with Crippen molar-refractivity contribution in [2.24, 2.45) is 0 Å². The first-order valence-electron chi connectivity index (χ1n) is 7.46. The first kappa shape index (κ1) is 14.3. The molecule has 1 N–H and O–H groups in total. The van der Waals surface area contributed by atoms with Gasteiger partial charge in [0.25, 0.3) is 0 Å². The van der Waals surface area contributed by atoms with Gasteiger partial charge in [-0.25, -0.2) is 4.98 Å². The number of aromatic nitrogens is 1. The number of nitrogens with one attached hydrogen (secondary N) is 1. The average molecular weight is 286 g/mol. The minimum atomic E-state index is 0.0513. The lowest BCUT2D eigenvalue weighted by molar-refractivity contribution is 0.0276. The zero-order valence-electron chi connectivity index (χ0n) is 12.7. The molecule has 2 heterocycles. The molecule has 2 aromatic rings. The zero-order valence-corrected chi connectivity index (χ0v) is 12.7. The van der Waals surface area contributed by atoms with Gasteiger partial charge in [0.15, 0.2) is 0 Å². The summed E-state index contributed by atoms with van der Waals surface area (Å²) in [5.41, 5.74) is 2.00. The van der Waals surface area contributed by atoms with Gasteiger partial charge in [0.1, 0.15) is 11.3 Å². The van der Waals surface area contributed by atoms with E-state index < -0.39 is 0 Å². The van der Waals surface area contributed by atoms with Gasteiger partial charge in [0, 0.05) is 24.1 Å². The largest absolute Gasteiger partial charge is 0.494 e. The van der Waals surface area contributed by atoms with Crippen molar-refractivity contribution >= 4 is 10.9 Å². The van der Waals surface area contributed by atoms with Crippen LogP contribution in [0.2, 0.25) is 0 Å². The van der Waals surface area contributed by atoms with Crippen LogP contribution in [0.25, 0.3) is 10.9 Å². The molecule has 1 fully saturated rings. The summed E-state index contributed by atoms with van der Waals surface area (Å²) in [6, 6.07) is 10.2. The molecule has 0 amide bonds. The summed E-state index contributed by atoms with van der Waals surface area (Å²) < 4.78 is 11.0. The predicted molar refractivity (Wildman–Crippen MR) is 83.6 cm³/mol. The minimum absolute atomic E-state index is 0.0513. The highest BCUT2D eigenvalue weighted by atomic mass is 16.5. The van der Waals surface area contributed by atoms with Crippen LogP contribution in [0.4, 0.5) is 0 Å². The van der Waals surface area contributed by atoms with Crippen molar-refractivity contribution in [2.45, 2.75) is 31.8 Å². The number of methoxy groups -OCH3 is 1. The highest BCUT2D eigenvalue weighted by molar-refractivity contribution is 5.84. The van der Waals surface area contributed by atoms with Crippen LogP contribution in [0.15, 0.2) is 30.3 Å². The van der Waals surface area contributed by atoms with Crippen LogP contribution in [-0.2, 0) is 11.3 Å². The van der Waals surface area contributed by atoms with Gasteiger partial charge in [-0.1, -0.05) is 18.2 Å². The molecule has 21 heavy (non-hydrogen) atoms. The van der Waals surface area contributed by atoms with Gasteiger partial charge in [-0.2, -0.15) is 0 Å². The van der Waals surface area contributed by atoms with Crippen molar-refractivity contribution in [1.29, 1.82) is 0 Å². The molecule has 1 saturated heterocycles. The standard InChI is InChI=1S/C17H22N2O2/c1-17(9-4-10-21-12-17)18-11-14-8-7-13-5-3-6-15(20-2)16(13)19-14/h3,5-8,18H,4,9-12H2,1-2H3. The molecule has 1 unspecified atom stereocenters. The summed E-state index contributed by atoms with van der Waals surface area (Å²) in [5.74, 6) is 0.821. The Bertz CT molecular complexity index is 621. The topological polar surface area (TPSA) is 43.4 Å². The molecule has 0 saturated carbocycles. The van der Waals surface area contributed by atoms with Crippen LogP contribution in [0.5, 0.6) is 5.75 Å². The third-order valence-corrected chi connectivity index (χ3v) is 4.09. The number of rotatable bonds is 4. The predicted octanol–water partition coefficient (Wildman–Crippen LogP) is 2.90. The Morgan fingerprint density at radius 3 is 3.00 bits per heavy atom. The minimum Gasteiger partial charge on any atom is -0.494 e. The molecular formula is C17H22N2O2. The number of nitrogens with zero attached hydrogens (tertiary/aromatic N) is 1. The Morgan fingerprint density at radius 1 is 1.33 bits per heavy atom. The number of hydrogen-bond donors (Lipinski definition) is 1. The average Bonchev–Trinajstić information content (AvgIpc) is 2.53. The maximum atomic E-state index is 5.58. The third kappa shape index (κ3) is 3.17. The molecule has 1 aliphatic rings. The van der Waals surface area contributed by atoms with E-state index in [1.807, 2.05) is 12.1 Å². The summed E-state index contributed by atoms with van der Waals surface area (Å²) in [5, 5.41) is 4.69. The molecular weight excluding hydrogens is 264 g/mol. The Balaban J connectivity index is 1.78. The summed E-state index contributed by atoms with van der Waals surface area (Å²) >= 11 is 0. The van der Waals surface area contributed by atoms with Crippen LogP contribution in [0, 0.1) is 0 Å². The van der Waals surface area contributed by atoms with Crippen molar-refractivity contribution in [3.05, 3.63) is 36.0 Å². The highest BCUT2D eigenvalue weighted by Crippen LogP contribution is 2.24. The second kappa shape index (κ2) is 6.00. The van der Waals surface area contributed by atoms with Crippen molar-refractivity contribution in [3.8, 4) is 5.75 Å². The molecule has 0 aliphatic carbocycles. The molecule has 1 atom stereocenters. The van der Waals surface area contributed by atoms with Crippen LogP contribution < -0.4 is 10.1 Å². The number of fused-ring (bicyclic) bond motifs is 1. The number of ether oxygens (including phenoxy) is 2. The smallest absolute Gasteiger partial charge is 0.145 e. The molecule has 3 rings (SSSR count). The molecule has 112 valence electrons. The Labute approximate surface area is 125 Å². The van der Waals surface area contributed by atoms with E-state index in [0.29, 0.717) is 0 Å². The van der Waals surface area contributed by atoms with Gasteiger partial charge in [-0.3, -0.25) is 0 Å². The lowest BCUT2D eigenvalue weighted by Gasteiger charge is -2.34. The molecule has 1 aromatic heterocycles. The molecule has 1 aromatic carbocycles. The second-order valence-electron chi connectivity index (χ2n) is 5.90. The molecule has 0 spiro atoms. The van der Waals surface area contributed by atoms with E-state index in [1.54, 1.807) is 7.11 Å².